The number of carboxylic acid groups (broad SMARTS) is 2. The average molecular weight is 373 g/mol. The van der Waals surface area contributed by atoms with E-state index < -0.39 is 24.2 Å². The maximum atomic E-state index is 11.3. The van der Waals surface area contributed by atoms with Gasteiger partial charge in [0, 0.05) is 12.1 Å². The molecule has 2 aromatic heterocycles. The van der Waals surface area contributed by atoms with Gasteiger partial charge >= 0.3 is 12.1 Å². The van der Waals surface area contributed by atoms with E-state index in [0.29, 0.717) is 6.54 Å². The molecular formula is C16H18F3N3O4. The average Bonchev–Trinajstić information content (AvgIpc) is 2.95. The molecule has 1 atom stereocenters. The summed E-state index contributed by atoms with van der Waals surface area (Å²) < 4.78 is 35.2. The van der Waals surface area contributed by atoms with E-state index in [2.05, 4.69) is 4.98 Å². The van der Waals surface area contributed by atoms with Crippen molar-refractivity contribution in [1.82, 2.24) is 9.55 Å². The lowest BCUT2D eigenvalue weighted by molar-refractivity contribution is -0.688. The summed E-state index contributed by atoms with van der Waals surface area (Å²) in [6.45, 7) is 4.45. The van der Waals surface area contributed by atoms with Crippen LogP contribution in [-0.2, 0) is 16.1 Å². The van der Waals surface area contributed by atoms with Gasteiger partial charge in [-0.3, -0.25) is 4.98 Å². The van der Waals surface area contributed by atoms with Gasteiger partial charge in [-0.25, -0.2) is 13.9 Å². The van der Waals surface area contributed by atoms with E-state index in [1.807, 2.05) is 49.1 Å². The van der Waals surface area contributed by atoms with Crippen LogP contribution in [0.15, 0.2) is 43.1 Å². The molecule has 1 N–H and O–H groups in total. The molecule has 142 valence electrons. The van der Waals surface area contributed by atoms with Crippen LogP contribution in [0.4, 0.5) is 13.2 Å². The van der Waals surface area contributed by atoms with E-state index in [9.17, 15) is 23.1 Å². The molecule has 0 aromatic carbocycles. The largest absolute Gasteiger partial charge is 0.542 e. The summed E-state index contributed by atoms with van der Waals surface area (Å²) in [7, 11) is 0. The van der Waals surface area contributed by atoms with E-state index in [-0.39, 0.29) is 5.92 Å². The predicted octanol–water partition coefficient (Wildman–Crippen LogP) is 0.799. The third-order valence-corrected chi connectivity index (χ3v) is 3.22. The van der Waals surface area contributed by atoms with Crippen molar-refractivity contribution in [2.45, 2.75) is 32.6 Å². The Morgan fingerprint density at radius 2 is 1.96 bits per heavy atom. The normalized spacial score (nSPS) is 12.2. The van der Waals surface area contributed by atoms with Gasteiger partial charge in [-0.2, -0.15) is 13.2 Å². The zero-order chi connectivity index (χ0) is 19.9. The molecule has 0 radical (unpaired) electrons. The van der Waals surface area contributed by atoms with Crippen molar-refractivity contribution in [3.8, 4) is 0 Å². The summed E-state index contributed by atoms with van der Waals surface area (Å²) in [5.41, 5.74) is 0.946. The third kappa shape index (κ3) is 6.54. The Morgan fingerprint density at radius 3 is 2.38 bits per heavy atom. The molecule has 0 unspecified atom stereocenters. The van der Waals surface area contributed by atoms with Gasteiger partial charge in [-0.05, 0) is 12.1 Å². The van der Waals surface area contributed by atoms with Gasteiger partial charge in [0.05, 0.1) is 5.69 Å². The second-order valence-corrected chi connectivity index (χ2v) is 5.67. The fraction of sp³-hybridized carbons (Fsp3) is 0.375. The summed E-state index contributed by atoms with van der Waals surface area (Å²) in [5, 5.41) is 18.0. The van der Waals surface area contributed by atoms with Gasteiger partial charge in [0.25, 0.3) is 0 Å². The van der Waals surface area contributed by atoms with Gasteiger partial charge in [0.2, 0.25) is 6.33 Å². The molecule has 0 spiro atoms. The number of nitrogens with zero attached hydrogens (tertiary/aromatic N) is 3. The Balaban J connectivity index is 0.000000412. The van der Waals surface area contributed by atoms with Crippen molar-refractivity contribution in [1.29, 1.82) is 0 Å². The van der Waals surface area contributed by atoms with Gasteiger partial charge in [-0.15, -0.1) is 0 Å². The number of hydrogen-bond donors (Lipinski definition) is 1. The van der Waals surface area contributed by atoms with Gasteiger partial charge < -0.3 is 15.0 Å². The number of pyridine rings is 1. The first-order chi connectivity index (χ1) is 12.0. The van der Waals surface area contributed by atoms with Crippen LogP contribution in [0.3, 0.4) is 0 Å². The molecule has 0 aliphatic heterocycles. The number of carbonyl (C=O) groups excluding carboxylic acids is 1. The van der Waals surface area contributed by atoms with Crippen LogP contribution in [0.5, 0.6) is 0 Å². The van der Waals surface area contributed by atoms with Crippen molar-refractivity contribution in [2.75, 3.05) is 0 Å². The van der Waals surface area contributed by atoms with Crippen molar-refractivity contribution in [3.05, 3.63) is 48.8 Å². The zero-order valence-electron chi connectivity index (χ0n) is 14.1. The van der Waals surface area contributed by atoms with E-state index in [1.54, 1.807) is 17.0 Å². The number of aliphatic carboxylic acids is 2. The summed E-state index contributed by atoms with van der Waals surface area (Å²) >= 11 is 0. The molecule has 10 heteroatoms. The van der Waals surface area contributed by atoms with Crippen LogP contribution in [0, 0.1) is 5.92 Å². The molecule has 2 rings (SSSR count). The number of rotatable bonds is 5. The monoisotopic (exact) mass is 373 g/mol. The van der Waals surface area contributed by atoms with E-state index in [0.717, 1.165) is 5.69 Å². The Kier molecular flexibility index (Phi) is 7.29. The summed E-state index contributed by atoms with van der Waals surface area (Å²) in [6, 6.07) is 5.22. The molecule has 0 aliphatic carbocycles. The number of alkyl halides is 3. The predicted molar refractivity (Wildman–Crippen MR) is 80.5 cm³/mol. The van der Waals surface area contributed by atoms with Gasteiger partial charge in [-0.1, -0.05) is 19.9 Å². The van der Waals surface area contributed by atoms with Gasteiger partial charge in [0.1, 0.15) is 24.9 Å². The van der Waals surface area contributed by atoms with E-state index in [4.69, 9.17) is 9.90 Å². The van der Waals surface area contributed by atoms with Crippen LogP contribution in [0.25, 0.3) is 0 Å². The molecule has 0 amide bonds. The lowest BCUT2D eigenvalue weighted by Gasteiger charge is -2.11. The highest BCUT2D eigenvalue weighted by atomic mass is 19.4. The molecule has 2 heterocycles. The minimum absolute atomic E-state index is 0.0354. The van der Waals surface area contributed by atoms with Crippen molar-refractivity contribution in [3.63, 3.8) is 0 Å². The number of aromatic nitrogens is 3. The Labute approximate surface area is 147 Å². The summed E-state index contributed by atoms with van der Waals surface area (Å²) in [6.07, 6.45) is 2.03. The lowest BCUT2D eigenvalue weighted by Crippen LogP contribution is -2.37. The lowest BCUT2D eigenvalue weighted by atomic mass is 10.1. The first-order valence-corrected chi connectivity index (χ1v) is 7.49. The second kappa shape index (κ2) is 8.97. The molecule has 0 aliphatic rings. The van der Waals surface area contributed by atoms with Crippen LogP contribution in [-0.4, -0.2) is 32.8 Å². The smallest absolute Gasteiger partial charge is 0.430 e. The zero-order valence-corrected chi connectivity index (χ0v) is 14.1. The maximum Gasteiger partial charge on any atom is 0.430 e. The van der Waals surface area contributed by atoms with Crippen LogP contribution < -0.4 is 9.67 Å². The van der Waals surface area contributed by atoms with Crippen molar-refractivity contribution >= 4 is 11.9 Å². The highest BCUT2D eigenvalue weighted by molar-refractivity contribution is 5.72. The van der Waals surface area contributed by atoms with Crippen molar-refractivity contribution < 1.29 is 37.5 Å². The number of hydrogen-bond acceptors (Lipinski definition) is 4. The fourth-order valence-electron chi connectivity index (χ4n) is 2.10. The SMILES string of the molecule is CC(C)[C@@H](C(=O)O)n1cc[n+](Cc2ccccn2)c1.O=C([O-])C(F)(F)F. The molecule has 7 nitrogen and oxygen atoms in total. The number of carbonyl (C=O) groups is 2. The first kappa shape index (κ1) is 21.1. The quantitative estimate of drug-likeness (QED) is 0.782. The number of halogens is 3. The first-order valence-electron chi connectivity index (χ1n) is 7.49. The molecule has 2 aromatic rings. The molecule has 26 heavy (non-hydrogen) atoms. The Hall–Kier alpha value is -2.91. The van der Waals surface area contributed by atoms with Crippen LogP contribution in [0.2, 0.25) is 0 Å². The van der Waals surface area contributed by atoms with Gasteiger partial charge in [0.15, 0.2) is 6.04 Å². The molecule has 0 fully saturated rings. The molecular weight excluding hydrogens is 355 g/mol. The fourth-order valence-corrected chi connectivity index (χ4v) is 2.10. The Bertz CT molecular complexity index is 730. The maximum absolute atomic E-state index is 11.3. The number of imidazole rings is 1. The molecule has 0 saturated heterocycles. The van der Waals surface area contributed by atoms with E-state index in [1.165, 1.54) is 0 Å². The molecule has 0 saturated carbocycles. The highest BCUT2D eigenvalue weighted by Crippen LogP contribution is 2.16. The van der Waals surface area contributed by atoms with Crippen LogP contribution >= 0.6 is 0 Å². The third-order valence-electron chi connectivity index (χ3n) is 3.22. The minimum atomic E-state index is -5.19. The Morgan fingerprint density at radius 1 is 1.35 bits per heavy atom. The number of carboxylic acids is 2. The highest BCUT2D eigenvalue weighted by Gasteiger charge is 2.29. The minimum Gasteiger partial charge on any atom is -0.542 e. The molecule has 0 bridgehead atoms. The van der Waals surface area contributed by atoms with Crippen LogP contribution in [0.1, 0.15) is 25.6 Å². The summed E-state index contributed by atoms with van der Waals surface area (Å²) in [5.74, 6) is -3.78. The topological polar surface area (TPSA) is 99.1 Å². The summed E-state index contributed by atoms with van der Waals surface area (Å²) in [4.78, 5) is 24.3. The van der Waals surface area contributed by atoms with E-state index >= 15 is 0 Å². The standard InChI is InChI=1S/C14H17N3O2.C2HF3O2/c1-11(2)13(14(18)19)17-8-7-16(10-17)9-12-5-3-4-6-15-12;3-2(4,5)1(6)7/h3-8,10-11,13H,9H2,1-2H3;(H,6,7)/t13-;/m0./s1. The van der Waals surface area contributed by atoms with Crippen molar-refractivity contribution in [2.24, 2.45) is 5.92 Å². The second-order valence-electron chi connectivity index (χ2n) is 5.67.